The summed E-state index contributed by atoms with van der Waals surface area (Å²) < 4.78 is 29.3. The highest BCUT2D eigenvalue weighted by Gasteiger charge is 2.34. The zero-order valence-corrected chi connectivity index (χ0v) is 14.5. The molecule has 6 heteroatoms. The van der Waals surface area contributed by atoms with E-state index in [2.05, 4.69) is 10.3 Å². The van der Waals surface area contributed by atoms with Gasteiger partial charge < -0.3 is 10.1 Å². The summed E-state index contributed by atoms with van der Waals surface area (Å²) in [5.41, 5.74) is 1.01. The summed E-state index contributed by atoms with van der Waals surface area (Å²) in [5.74, 6) is 1.29. The minimum absolute atomic E-state index is 0.0280. The van der Waals surface area contributed by atoms with E-state index in [4.69, 9.17) is 4.74 Å². The molecule has 0 aliphatic heterocycles. The molecule has 2 aromatic rings. The van der Waals surface area contributed by atoms with E-state index in [1.54, 1.807) is 6.20 Å². The van der Waals surface area contributed by atoms with Gasteiger partial charge in [0.15, 0.2) is 9.84 Å². The summed E-state index contributed by atoms with van der Waals surface area (Å²) in [6.07, 6.45) is 5.70. The van der Waals surface area contributed by atoms with E-state index < -0.39 is 9.84 Å². The van der Waals surface area contributed by atoms with Crippen LogP contribution in [0.5, 0.6) is 11.6 Å². The van der Waals surface area contributed by atoms with Gasteiger partial charge in [-0.15, -0.1) is 0 Å². The van der Waals surface area contributed by atoms with Crippen molar-refractivity contribution in [1.82, 2.24) is 10.3 Å². The summed E-state index contributed by atoms with van der Waals surface area (Å²) in [6, 6.07) is 13.3. The maximum atomic E-state index is 11.8. The molecule has 24 heavy (non-hydrogen) atoms. The number of para-hydroxylation sites is 1. The molecule has 0 radical (unpaired) electrons. The molecule has 1 fully saturated rings. The quantitative estimate of drug-likeness (QED) is 0.871. The maximum absolute atomic E-state index is 11.8. The van der Waals surface area contributed by atoms with Crippen LogP contribution in [-0.2, 0) is 16.4 Å². The Balaban J connectivity index is 1.57. The van der Waals surface area contributed by atoms with Crippen LogP contribution in [0.3, 0.4) is 0 Å². The number of hydrogen-bond acceptors (Lipinski definition) is 5. The Labute approximate surface area is 143 Å². The number of sulfone groups is 1. The Morgan fingerprint density at radius 1 is 1.17 bits per heavy atom. The Morgan fingerprint density at radius 3 is 2.62 bits per heavy atom. The summed E-state index contributed by atoms with van der Waals surface area (Å²) >= 11 is 0. The molecule has 5 nitrogen and oxygen atoms in total. The summed E-state index contributed by atoms with van der Waals surface area (Å²) in [5, 5.41) is 3.09. The van der Waals surface area contributed by atoms with Crippen molar-refractivity contribution >= 4 is 9.84 Å². The standard InChI is InChI=1S/C18H22N2O3S/c1-24(21,22)17-9-5-8-16(17)19-12-14-10-11-18(20-13-14)23-15-6-3-2-4-7-15/h2-4,6-7,10-11,13,16-17,19H,5,8-9,12H2,1H3/t16-,17-/m0/s1. The van der Waals surface area contributed by atoms with E-state index in [0.29, 0.717) is 12.4 Å². The van der Waals surface area contributed by atoms with Gasteiger partial charge >= 0.3 is 0 Å². The van der Waals surface area contributed by atoms with Crippen molar-refractivity contribution in [3.8, 4) is 11.6 Å². The average Bonchev–Trinajstić information content (AvgIpc) is 3.04. The van der Waals surface area contributed by atoms with E-state index in [0.717, 1.165) is 30.6 Å². The average molecular weight is 346 g/mol. The van der Waals surface area contributed by atoms with E-state index >= 15 is 0 Å². The second kappa shape index (κ2) is 7.32. The molecule has 1 aromatic heterocycles. The molecule has 1 saturated carbocycles. The molecule has 3 rings (SSSR count). The topological polar surface area (TPSA) is 68.3 Å². The third kappa shape index (κ3) is 4.33. The lowest BCUT2D eigenvalue weighted by Crippen LogP contribution is -2.39. The third-order valence-electron chi connectivity index (χ3n) is 4.33. The number of aromatic nitrogens is 1. The molecule has 2 atom stereocenters. The molecule has 1 aromatic carbocycles. The lowest BCUT2D eigenvalue weighted by Gasteiger charge is -2.19. The minimum atomic E-state index is -3.00. The lowest BCUT2D eigenvalue weighted by molar-refractivity contribution is 0.461. The number of nitrogens with one attached hydrogen (secondary N) is 1. The Kier molecular flexibility index (Phi) is 5.16. The van der Waals surface area contributed by atoms with Gasteiger partial charge in [0.25, 0.3) is 0 Å². The highest BCUT2D eigenvalue weighted by Crippen LogP contribution is 2.25. The number of rotatable bonds is 6. The second-order valence-corrected chi connectivity index (χ2v) is 8.47. The molecule has 0 bridgehead atoms. The summed E-state index contributed by atoms with van der Waals surface area (Å²) in [7, 11) is -3.00. The monoisotopic (exact) mass is 346 g/mol. The maximum Gasteiger partial charge on any atom is 0.219 e. The van der Waals surface area contributed by atoms with E-state index in [1.807, 2.05) is 42.5 Å². The van der Waals surface area contributed by atoms with Gasteiger partial charge in [-0.1, -0.05) is 30.7 Å². The molecule has 0 spiro atoms. The fourth-order valence-corrected chi connectivity index (χ4v) is 4.53. The van der Waals surface area contributed by atoms with E-state index in [-0.39, 0.29) is 11.3 Å². The minimum Gasteiger partial charge on any atom is -0.439 e. The van der Waals surface area contributed by atoms with Gasteiger partial charge in [-0.3, -0.25) is 0 Å². The predicted molar refractivity (Wildman–Crippen MR) is 93.9 cm³/mol. The fraction of sp³-hybridized carbons (Fsp3) is 0.389. The van der Waals surface area contributed by atoms with Gasteiger partial charge in [-0.05, 0) is 30.5 Å². The first-order valence-electron chi connectivity index (χ1n) is 8.12. The highest BCUT2D eigenvalue weighted by atomic mass is 32.2. The molecule has 1 heterocycles. The fourth-order valence-electron chi connectivity index (χ4n) is 3.11. The van der Waals surface area contributed by atoms with Crippen LogP contribution in [0.4, 0.5) is 0 Å². The van der Waals surface area contributed by atoms with Crippen LogP contribution in [0.15, 0.2) is 48.7 Å². The first-order chi connectivity index (χ1) is 11.5. The van der Waals surface area contributed by atoms with Gasteiger partial charge in [0.05, 0.1) is 5.25 Å². The zero-order chi connectivity index (χ0) is 17.0. The molecule has 1 aliphatic rings. The molecule has 0 saturated heterocycles. The van der Waals surface area contributed by atoms with Crippen LogP contribution >= 0.6 is 0 Å². The predicted octanol–water partition coefficient (Wildman–Crippen LogP) is 2.93. The van der Waals surface area contributed by atoms with Crippen LogP contribution in [-0.4, -0.2) is 30.9 Å². The number of benzene rings is 1. The van der Waals surface area contributed by atoms with Crippen LogP contribution < -0.4 is 10.1 Å². The van der Waals surface area contributed by atoms with Crippen molar-refractivity contribution in [2.75, 3.05) is 6.26 Å². The van der Waals surface area contributed by atoms with E-state index in [9.17, 15) is 8.42 Å². The van der Waals surface area contributed by atoms with Crippen LogP contribution in [0.25, 0.3) is 0 Å². The third-order valence-corrected chi connectivity index (χ3v) is 6.00. The first-order valence-corrected chi connectivity index (χ1v) is 10.1. The molecule has 1 N–H and O–H groups in total. The lowest BCUT2D eigenvalue weighted by atomic mass is 10.2. The molecule has 128 valence electrons. The molecule has 0 amide bonds. The Hall–Kier alpha value is -1.92. The summed E-state index contributed by atoms with van der Waals surface area (Å²) in [6.45, 7) is 0.606. The number of nitrogens with zero attached hydrogens (tertiary/aromatic N) is 1. The number of pyridine rings is 1. The van der Waals surface area contributed by atoms with Gasteiger partial charge in [0, 0.05) is 31.1 Å². The van der Waals surface area contributed by atoms with E-state index in [1.165, 1.54) is 6.26 Å². The van der Waals surface area contributed by atoms with Crippen molar-refractivity contribution in [2.45, 2.75) is 37.1 Å². The Bertz CT molecular complexity index is 761. The molecular weight excluding hydrogens is 324 g/mol. The zero-order valence-electron chi connectivity index (χ0n) is 13.7. The SMILES string of the molecule is CS(=O)(=O)[C@H]1CCC[C@@H]1NCc1ccc(Oc2ccccc2)nc1. The Morgan fingerprint density at radius 2 is 1.96 bits per heavy atom. The normalized spacial score (nSPS) is 20.9. The van der Waals surface area contributed by atoms with Crippen molar-refractivity contribution < 1.29 is 13.2 Å². The van der Waals surface area contributed by atoms with Crippen molar-refractivity contribution in [2.24, 2.45) is 0 Å². The van der Waals surface area contributed by atoms with Gasteiger partial charge in [-0.25, -0.2) is 13.4 Å². The molecule has 0 unspecified atom stereocenters. The summed E-state index contributed by atoms with van der Waals surface area (Å²) in [4.78, 5) is 4.31. The van der Waals surface area contributed by atoms with Crippen LogP contribution in [0, 0.1) is 0 Å². The van der Waals surface area contributed by atoms with Crippen LogP contribution in [0.2, 0.25) is 0 Å². The molecule has 1 aliphatic carbocycles. The smallest absolute Gasteiger partial charge is 0.219 e. The largest absolute Gasteiger partial charge is 0.439 e. The van der Waals surface area contributed by atoms with Crippen molar-refractivity contribution in [1.29, 1.82) is 0 Å². The number of ether oxygens (including phenoxy) is 1. The number of hydrogen-bond donors (Lipinski definition) is 1. The van der Waals surface area contributed by atoms with Crippen molar-refractivity contribution in [3.63, 3.8) is 0 Å². The molecular formula is C18H22N2O3S. The second-order valence-electron chi connectivity index (χ2n) is 6.21. The highest BCUT2D eigenvalue weighted by molar-refractivity contribution is 7.91. The van der Waals surface area contributed by atoms with Gasteiger partial charge in [0.2, 0.25) is 5.88 Å². The van der Waals surface area contributed by atoms with Gasteiger partial charge in [0.1, 0.15) is 5.75 Å². The van der Waals surface area contributed by atoms with Crippen LogP contribution in [0.1, 0.15) is 24.8 Å². The first kappa shape index (κ1) is 16.9. The van der Waals surface area contributed by atoms with Gasteiger partial charge in [-0.2, -0.15) is 0 Å². The van der Waals surface area contributed by atoms with Crippen molar-refractivity contribution in [3.05, 3.63) is 54.2 Å².